The van der Waals surface area contributed by atoms with E-state index in [1.165, 1.54) is 23.1 Å². The first-order chi connectivity index (χ1) is 15.5. The van der Waals surface area contributed by atoms with Crippen LogP contribution in [0.5, 0.6) is 0 Å². The number of amides is 2. The summed E-state index contributed by atoms with van der Waals surface area (Å²) in [5.74, 6) is -1.34. The molecule has 6 nitrogen and oxygen atoms in total. The van der Waals surface area contributed by atoms with Gasteiger partial charge in [0.1, 0.15) is 11.4 Å². The Kier molecular flexibility index (Phi) is 4.37. The van der Waals surface area contributed by atoms with Crippen LogP contribution in [-0.2, 0) is 26.3 Å². The van der Waals surface area contributed by atoms with E-state index in [0.717, 1.165) is 17.6 Å². The third-order valence-corrected chi connectivity index (χ3v) is 7.23. The summed E-state index contributed by atoms with van der Waals surface area (Å²) in [7, 11) is 0. The number of ether oxygens (including phenoxy) is 1. The van der Waals surface area contributed by atoms with E-state index in [2.05, 4.69) is 28.5 Å². The number of anilines is 1. The Morgan fingerprint density at radius 1 is 1.16 bits per heavy atom. The first-order valence-corrected chi connectivity index (χ1v) is 11.2. The van der Waals surface area contributed by atoms with Gasteiger partial charge in [-0.15, -0.1) is 0 Å². The van der Waals surface area contributed by atoms with E-state index < -0.39 is 17.3 Å². The van der Waals surface area contributed by atoms with Crippen molar-refractivity contribution < 1.29 is 18.7 Å². The van der Waals surface area contributed by atoms with Crippen LogP contribution in [-0.4, -0.2) is 41.4 Å². The molecule has 32 heavy (non-hydrogen) atoms. The van der Waals surface area contributed by atoms with Gasteiger partial charge in [-0.25, -0.2) is 4.39 Å². The number of fused-ring (bicyclic) bond motifs is 5. The Morgan fingerprint density at radius 2 is 1.97 bits per heavy atom. The van der Waals surface area contributed by atoms with E-state index in [-0.39, 0.29) is 18.2 Å². The molecule has 0 saturated carbocycles. The molecule has 7 heteroatoms. The topological polar surface area (TPSA) is 74.4 Å². The van der Waals surface area contributed by atoms with Crippen molar-refractivity contribution >= 4 is 28.4 Å². The van der Waals surface area contributed by atoms with Gasteiger partial charge in [0.2, 0.25) is 11.8 Å². The molecule has 3 aromatic rings. The van der Waals surface area contributed by atoms with Gasteiger partial charge in [0.25, 0.3) is 0 Å². The summed E-state index contributed by atoms with van der Waals surface area (Å²) in [6.45, 7) is 1.79. The number of aromatic amines is 1. The summed E-state index contributed by atoms with van der Waals surface area (Å²) in [6, 6.07) is 12.6. The van der Waals surface area contributed by atoms with Gasteiger partial charge < -0.3 is 19.9 Å². The fourth-order valence-electron chi connectivity index (χ4n) is 5.63. The molecule has 1 spiro atoms. The van der Waals surface area contributed by atoms with Crippen molar-refractivity contribution in [2.24, 2.45) is 0 Å². The molecule has 6 rings (SSSR count). The maximum absolute atomic E-state index is 13.6. The highest BCUT2D eigenvalue weighted by Gasteiger charge is 2.45. The molecule has 1 saturated heterocycles. The molecule has 2 aromatic carbocycles. The molecule has 4 heterocycles. The summed E-state index contributed by atoms with van der Waals surface area (Å²) in [4.78, 5) is 31.0. The van der Waals surface area contributed by atoms with Crippen LogP contribution in [0.3, 0.4) is 0 Å². The molecule has 3 aliphatic rings. The second-order valence-electron chi connectivity index (χ2n) is 8.98. The number of nitrogens with zero attached hydrogens (tertiary/aromatic N) is 1. The minimum Gasteiger partial charge on any atom is -0.368 e. The monoisotopic (exact) mass is 433 g/mol. The Bertz CT molecular complexity index is 1240. The molecular formula is C25H24FN3O3. The SMILES string of the molecule is O=C1CC(C(=O)N2CCC3(CC2)OCCc2c3[nH]c3ccccc23)c2ccc(F)cc2N1. The minimum atomic E-state index is -0.579. The summed E-state index contributed by atoms with van der Waals surface area (Å²) in [6.07, 6.45) is 2.37. The van der Waals surface area contributed by atoms with Gasteiger partial charge >= 0.3 is 0 Å². The van der Waals surface area contributed by atoms with Gasteiger partial charge in [-0.2, -0.15) is 0 Å². The van der Waals surface area contributed by atoms with Gasteiger partial charge in [-0.1, -0.05) is 24.3 Å². The predicted molar refractivity (Wildman–Crippen MR) is 118 cm³/mol. The minimum absolute atomic E-state index is 0.0739. The van der Waals surface area contributed by atoms with E-state index in [9.17, 15) is 14.0 Å². The van der Waals surface area contributed by atoms with Crippen molar-refractivity contribution in [3.63, 3.8) is 0 Å². The number of hydrogen-bond acceptors (Lipinski definition) is 3. The zero-order chi connectivity index (χ0) is 21.9. The highest BCUT2D eigenvalue weighted by Crippen LogP contribution is 2.44. The summed E-state index contributed by atoms with van der Waals surface area (Å²) in [5, 5.41) is 3.94. The lowest BCUT2D eigenvalue weighted by Crippen LogP contribution is -2.50. The standard InChI is InChI=1S/C25H24FN3O3/c26-15-5-6-17-19(14-22(30)27-21(17)13-15)24(31)29-10-8-25(9-11-29)23-18(7-12-32-25)16-3-1-2-4-20(16)28-23/h1-6,13,19,28H,7-12,14H2,(H,27,30). The number of likely N-dealkylation sites (tertiary alicyclic amines) is 1. The summed E-state index contributed by atoms with van der Waals surface area (Å²) < 4.78 is 20.0. The molecular weight excluding hydrogens is 409 g/mol. The molecule has 1 aromatic heterocycles. The molecule has 2 N–H and O–H groups in total. The average Bonchev–Trinajstić information content (AvgIpc) is 3.19. The molecule has 1 atom stereocenters. The van der Waals surface area contributed by atoms with Gasteiger partial charge in [-0.3, -0.25) is 9.59 Å². The number of benzene rings is 2. The van der Waals surface area contributed by atoms with Crippen molar-refractivity contribution in [2.75, 3.05) is 25.0 Å². The van der Waals surface area contributed by atoms with Gasteiger partial charge in [0.15, 0.2) is 0 Å². The number of halogens is 1. The van der Waals surface area contributed by atoms with Crippen molar-refractivity contribution in [1.82, 2.24) is 9.88 Å². The van der Waals surface area contributed by atoms with Crippen LogP contribution >= 0.6 is 0 Å². The predicted octanol–water partition coefficient (Wildman–Crippen LogP) is 3.82. The van der Waals surface area contributed by atoms with Crippen LogP contribution in [0, 0.1) is 5.82 Å². The van der Waals surface area contributed by atoms with E-state index >= 15 is 0 Å². The maximum Gasteiger partial charge on any atom is 0.230 e. The lowest BCUT2D eigenvalue weighted by atomic mass is 9.82. The highest BCUT2D eigenvalue weighted by molar-refractivity contribution is 6.01. The van der Waals surface area contributed by atoms with Gasteiger partial charge in [-0.05, 0) is 48.6 Å². The summed E-state index contributed by atoms with van der Waals surface area (Å²) in [5.41, 5.74) is 4.27. The molecule has 164 valence electrons. The number of carbonyl (C=O) groups excluding carboxylic acids is 2. The van der Waals surface area contributed by atoms with Gasteiger partial charge in [0, 0.05) is 36.1 Å². The fraction of sp³-hybridized carbons (Fsp3) is 0.360. The number of nitrogens with one attached hydrogen (secondary N) is 2. The van der Waals surface area contributed by atoms with Gasteiger partial charge in [0.05, 0.1) is 18.2 Å². The first-order valence-electron chi connectivity index (χ1n) is 11.2. The van der Waals surface area contributed by atoms with E-state index in [1.807, 2.05) is 11.0 Å². The third kappa shape index (κ3) is 2.95. The van der Waals surface area contributed by atoms with Crippen molar-refractivity contribution in [2.45, 2.75) is 37.2 Å². The molecule has 0 radical (unpaired) electrons. The second kappa shape index (κ2) is 7.17. The molecule has 2 amide bonds. The second-order valence-corrected chi connectivity index (χ2v) is 8.98. The molecule has 1 unspecified atom stereocenters. The highest BCUT2D eigenvalue weighted by atomic mass is 19.1. The average molecular weight is 433 g/mol. The van der Waals surface area contributed by atoms with Crippen LogP contribution < -0.4 is 5.32 Å². The third-order valence-electron chi connectivity index (χ3n) is 7.23. The van der Waals surface area contributed by atoms with E-state index in [0.29, 0.717) is 43.8 Å². The smallest absolute Gasteiger partial charge is 0.230 e. The van der Waals surface area contributed by atoms with Crippen LogP contribution in [0.1, 0.15) is 42.0 Å². The van der Waals surface area contributed by atoms with Crippen molar-refractivity contribution in [1.29, 1.82) is 0 Å². The Balaban J connectivity index is 1.26. The fourth-order valence-corrected chi connectivity index (χ4v) is 5.63. The zero-order valence-corrected chi connectivity index (χ0v) is 17.6. The number of para-hydroxylation sites is 1. The molecule has 1 fully saturated rings. The van der Waals surface area contributed by atoms with Crippen LogP contribution in [0.15, 0.2) is 42.5 Å². The van der Waals surface area contributed by atoms with Crippen molar-refractivity contribution in [3.8, 4) is 0 Å². The van der Waals surface area contributed by atoms with E-state index in [1.54, 1.807) is 6.07 Å². The normalized spacial score (nSPS) is 21.8. The molecule has 0 bridgehead atoms. The lowest BCUT2D eigenvalue weighted by molar-refractivity contribution is -0.143. The van der Waals surface area contributed by atoms with E-state index in [4.69, 9.17) is 4.74 Å². The molecule has 0 aliphatic carbocycles. The number of H-pyrrole nitrogens is 1. The van der Waals surface area contributed by atoms with Crippen LogP contribution in [0.4, 0.5) is 10.1 Å². The summed E-state index contributed by atoms with van der Waals surface area (Å²) >= 11 is 0. The number of carbonyl (C=O) groups is 2. The van der Waals surface area contributed by atoms with Crippen LogP contribution in [0.25, 0.3) is 10.9 Å². The number of aromatic nitrogens is 1. The Morgan fingerprint density at radius 3 is 2.81 bits per heavy atom. The Labute approximate surface area is 184 Å². The maximum atomic E-state index is 13.6. The lowest BCUT2D eigenvalue weighted by Gasteiger charge is -2.44. The Hall–Kier alpha value is -3.19. The first kappa shape index (κ1) is 19.5. The van der Waals surface area contributed by atoms with Crippen molar-refractivity contribution in [3.05, 3.63) is 65.1 Å². The largest absolute Gasteiger partial charge is 0.368 e. The zero-order valence-electron chi connectivity index (χ0n) is 17.6. The van der Waals surface area contributed by atoms with Crippen LogP contribution in [0.2, 0.25) is 0 Å². The number of hydrogen-bond donors (Lipinski definition) is 2. The number of piperidine rings is 1. The number of rotatable bonds is 1. The quantitative estimate of drug-likeness (QED) is 0.613. The molecule has 3 aliphatic heterocycles.